The highest BCUT2D eigenvalue weighted by molar-refractivity contribution is 5.93. The Hall–Kier alpha value is -2.72. The summed E-state index contributed by atoms with van der Waals surface area (Å²) in [6, 6.07) is 21.2. The smallest absolute Gasteiger partial charge is 0.127 e. The molecular formula is C22H24O4. The van der Waals surface area contributed by atoms with E-state index >= 15 is 0 Å². The predicted molar refractivity (Wildman–Crippen MR) is 103 cm³/mol. The normalized spacial score (nSPS) is 11.9. The fourth-order valence-electron chi connectivity index (χ4n) is 2.65. The van der Waals surface area contributed by atoms with E-state index < -0.39 is 6.10 Å². The quantitative estimate of drug-likeness (QED) is 0.618. The van der Waals surface area contributed by atoms with E-state index in [9.17, 15) is 5.11 Å². The number of benzene rings is 3. The average molecular weight is 352 g/mol. The zero-order valence-electron chi connectivity index (χ0n) is 14.9. The predicted octanol–water partition coefficient (Wildman–Crippen LogP) is 4.45. The van der Waals surface area contributed by atoms with Crippen molar-refractivity contribution in [2.45, 2.75) is 19.4 Å². The van der Waals surface area contributed by atoms with Crippen LogP contribution in [0, 0.1) is 0 Å². The fraction of sp³-hybridized carbons (Fsp3) is 0.273. The summed E-state index contributed by atoms with van der Waals surface area (Å²) in [6.45, 7) is 3.10. The first-order valence-corrected chi connectivity index (χ1v) is 8.91. The molecule has 26 heavy (non-hydrogen) atoms. The fourth-order valence-corrected chi connectivity index (χ4v) is 2.65. The van der Waals surface area contributed by atoms with Gasteiger partial charge < -0.3 is 19.3 Å². The monoisotopic (exact) mass is 352 g/mol. The molecule has 4 heteroatoms. The van der Waals surface area contributed by atoms with Crippen LogP contribution in [0.3, 0.4) is 0 Å². The number of hydrogen-bond acceptors (Lipinski definition) is 4. The summed E-state index contributed by atoms with van der Waals surface area (Å²) in [6.07, 6.45) is 0.241. The first kappa shape index (κ1) is 18.1. The molecule has 0 aliphatic rings. The summed E-state index contributed by atoms with van der Waals surface area (Å²) in [4.78, 5) is 0. The standard InChI is InChI=1S/C22H24O4/c1-2-14-24-21-12-13-22(20-11-7-6-10-19(20)21)26-16-17(23)15-25-18-8-4-3-5-9-18/h3-13,17,23H,2,14-16H2,1H3. The molecule has 0 radical (unpaired) electrons. The SMILES string of the molecule is CCCOc1ccc(OCC(O)COc2ccccc2)c2ccccc12. The molecule has 0 aliphatic heterocycles. The molecule has 0 saturated carbocycles. The summed E-state index contributed by atoms with van der Waals surface area (Å²) in [5.41, 5.74) is 0. The van der Waals surface area contributed by atoms with Gasteiger partial charge in [0, 0.05) is 10.8 Å². The molecule has 0 saturated heterocycles. The molecular weight excluding hydrogens is 328 g/mol. The summed E-state index contributed by atoms with van der Waals surface area (Å²) in [5, 5.41) is 12.1. The van der Waals surface area contributed by atoms with Crippen molar-refractivity contribution in [3.05, 3.63) is 66.7 Å². The zero-order chi connectivity index (χ0) is 18.2. The molecule has 4 nitrogen and oxygen atoms in total. The van der Waals surface area contributed by atoms with Crippen LogP contribution in [-0.4, -0.2) is 31.0 Å². The van der Waals surface area contributed by atoms with Crippen molar-refractivity contribution in [3.8, 4) is 17.2 Å². The molecule has 1 atom stereocenters. The van der Waals surface area contributed by atoms with Crippen LogP contribution < -0.4 is 14.2 Å². The summed E-state index contributed by atoms with van der Waals surface area (Å²) < 4.78 is 17.2. The van der Waals surface area contributed by atoms with Crippen molar-refractivity contribution >= 4 is 10.8 Å². The van der Waals surface area contributed by atoms with Crippen LogP contribution >= 0.6 is 0 Å². The number of para-hydroxylation sites is 1. The summed E-state index contributed by atoms with van der Waals surface area (Å²) in [7, 11) is 0. The van der Waals surface area contributed by atoms with Gasteiger partial charge in [0.25, 0.3) is 0 Å². The number of fused-ring (bicyclic) bond motifs is 1. The van der Waals surface area contributed by atoms with E-state index in [-0.39, 0.29) is 13.2 Å². The Balaban J connectivity index is 1.63. The molecule has 3 aromatic carbocycles. The highest BCUT2D eigenvalue weighted by Crippen LogP contribution is 2.33. The third-order valence-electron chi connectivity index (χ3n) is 3.92. The van der Waals surface area contributed by atoms with Crippen LogP contribution in [0.15, 0.2) is 66.7 Å². The van der Waals surface area contributed by atoms with E-state index in [2.05, 4.69) is 6.92 Å². The van der Waals surface area contributed by atoms with Gasteiger partial charge in [0.15, 0.2) is 0 Å². The molecule has 0 aliphatic carbocycles. The lowest BCUT2D eigenvalue weighted by Gasteiger charge is -2.16. The van der Waals surface area contributed by atoms with Gasteiger partial charge in [-0.25, -0.2) is 0 Å². The second kappa shape index (κ2) is 9.11. The first-order chi connectivity index (χ1) is 12.8. The molecule has 136 valence electrons. The van der Waals surface area contributed by atoms with Crippen LogP contribution in [-0.2, 0) is 0 Å². The van der Waals surface area contributed by atoms with Crippen molar-refractivity contribution in [2.24, 2.45) is 0 Å². The Labute approximate surface area is 153 Å². The van der Waals surface area contributed by atoms with Gasteiger partial charge in [-0.1, -0.05) is 49.4 Å². The number of hydrogen-bond donors (Lipinski definition) is 1. The summed E-state index contributed by atoms with van der Waals surface area (Å²) in [5.74, 6) is 2.31. The molecule has 1 unspecified atom stereocenters. The maximum Gasteiger partial charge on any atom is 0.127 e. The minimum absolute atomic E-state index is 0.159. The highest BCUT2D eigenvalue weighted by atomic mass is 16.5. The lowest BCUT2D eigenvalue weighted by molar-refractivity contribution is 0.0632. The average Bonchev–Trinajstić information content (AvgIpc) is 2.70. The van der Waals surface area contributed by atoms with Crippen molar-refractivity contribution < 1.29 is 19.3 Å². The van der Waals surface area contributed by atoms with Crippen molar-refractivity contribution in [1.29, 1.82) is 0 Å². The first-order valence-electron chi connectivity index (χ1n) is 8.91. The minimum atomic E-state index is -0.718. The number of rotatable bonds is 9. The van der Waals surface area contributed by atoms with Gasteiger partial charge in [-0.2, -0.15) is 0 Å². The molecule has 1 N–H and O–H groups in total. The number of aliphatic hydroxyl groups excluding tert-OH is 1. The van der Waals surface area contributed by atoms with Gasteiger partial charge in [0.2, 0.25) is 0 Å². The third-order valence-corrected chi connectivity index (χ3v) is 3.92. The van der Waals surface area contributed by atoms with Crippen LogP contribution in [0.5, 0.6) is 17.2 Å². The lowest BCUT2D eigenvalue weighted by atomic mass is 10.1. The third kappa shape index (κ3) is 4.67. The van der Waals surface area contributed by atoms with E-state index in [1.165, 1.54) is 0 Å². The van der Waals surface area contributed by atoms with Gasteiger partial charge in [0.05, 0.1) is 6.61 Å². The molecule has 0 aromatic heterocycles. The topological polar surface area (TPSA) is 47.9 Å². The van der Waals surface area contributed by atoms with Gasteiger partial charge >= 0.3 is 0 Å². The Kier molecular flexibility index (Phi) is 6.34. The zero-order valence-corrected chi connectivity index (χ0v) is 14.9. The maximum absolute atomic E-state index is 10.1. The van der Waals surface area contributed by atoms with Crippen LogP contribution in [0.4, 0.5) is 0 Å². The second-order valence-corrected chi connectivity index (χ2v) is 6.04. The molecule has 0 amide bonds. The highest BCUT2D eigenvalue weighted by Gasteiger charge is 2.11. The lowest BCUT2D eigenvalue weighted by Crippen LogP contribution is -2.25. The molecule has 0 bridgehead atoms. The number of ether oxygens (including phenoxy) is 3. The van der Waals surface area contributed by atoms with E-state index in [0.29, 0.717) is 6.61 Å². The summed E-state index contributed by atoms with van der Waals surface area (Å²) >= 11 is 0. The van der Waals surface area contributed by atoms with Crippen molar-refractivity contribution in [3.63, 3.8) is 0 Å². The van der Waals surface area contributed by atoms with Crippen LogP contribution in [0.2, 0.25) is 0 Å². The molecule has 3 rings (SSSR count). The van der Waals surface area contributed by atoms with E-state index in [1.54, 1.807) is 0 Å². The van der Waals surface area contributed by atoms with Crippen LogP contribution in [0.1, 0.15) is 13.3 Å². The number of aliphatic hydroxyl groups is 1. The van der Waals surface area contributed by atoms with E-state index in [1.807, 2.05) is 66.7 Å². The molecule has 0 heterocycles. The molecule has 3 aromatic rings. The minimum Gasteiger partial charge on any atom is -0.493 e. The molecule has 0 spiro atoms. The Morgan fingerprint density at radius 1 is 0.731 bits per heavy atom. The van der Waals surface area contributed by atoms with Gasteiger partial charge in [-0.3, -0.25) is 0 Å². The van der Waals surface area contributed by atoms with E-state index in [4.69, 9.17) is 14.2 Å². The Morgan fingerprint density at radius 3 is 1.96 bits per heavy atom. The van der Waals surface area contributed by atoms with Crippen molar-refractivity contribution in [2.75, 3.05) is 19.8 Å². The van der Waals surface area contributed by atoms with Crippen molar-refractivity contribution in [1.82, 2.24) is 0 Å². The molecule has 0 fully saturated rings. The second-order valence-electron chi connectivity index (χ2n) is 6.04. The largest absolute Gasteiger partial charge is 0.493 e. The van der Waals surface area contributed by atoms with Gasteiger partial charge in [-0.05, 0) is 30.7 Å². The Bertz CT molecular complexity index is 817. The van der Waals surface area contributed by atoms with Crippen LogP contribution in [0.25, 0.3) is 10.8 Å². The van der Waals surface area contributed by atoms with Gasteiger partial charge in [-0.15, -0.1) is 0 Å². The maximum atomic E-state index is 10.1. The van der Waals surface area contributed by atoms with Gasteiger partial charge in [0.1, 0.15) is 36.6 Å². The Morgan fingerprint density at radius 2 is 1.31 bits per heavy atom. The van der Waals surface area contributed by atoms with E-state index in [0.717, 1.165) is 34.4 Å².